The van der Waals surface area contributed by atoms with Crippen LogP contribution in [0.15, 0.2) is 36.0 Å². The lowest BCUT2D eigenvalue weighted by atomic mass is 10.4. The molecule has 0 spiro atoms. The summed E-state index contributed by atoms with van der Waals surface area (Å²) >= 11 is 0. The molecule has 21 heavy (non-hydrogen) atoms. The highest BCUT2D eigenvalue weighted by molar-refractivity contribution is 7.92. The molecule has 8 nitrogen and oxygen atoms in total. The van der Waals surface area contributed by atoms with Gasteiger partial charge in [0.05, 0.1) is 30.8 Å². The maximum Gasteiger partial charge on any atom is 0.265 e. The van der Waals surface area contributed by atoms with Crippen LogP contribution in [0.2, 0.25) is 0 Å². The maximum atomic E-state index is 12.2. The number of hydrogen-bond donors (Lipinski definition) is 2. The largest absolute Gasteiger partial charge is 0.313 e. The van der Waals surface area contributed by atoms with E-state index in [1.165, 1.54) is 31.1 Å². The van der Waals surface area contributed by atoms with Crippen LogP contribution in [0.5, 0.6) is 0 Å². The van der Waals surface area contributed by atoms with E-state index in [0.29, 0.717) is 18.3 Å². The van der Waals surface area contributed by atoms with E-state index in [9.17, 15) is 8.42 Å². The zero-order chi connectivity index (χ0) is 15.3. The van der Waals surface area contributed by atoms with Crippen molar-refractivity contribution in [3.63, 3.8) is 0 Å². The van der Waals surface area contributed by atoms with E-state index in [4.69, 9.17) is 0 Å². The van der Waals surface area contributed by atoms with Crippen LogP contribution in [0.3, 0.4) is 0 Å². The number of aromatic nitrogens is 4. The topological polar surface area (TPSA) is 102 Å². The van der Waals surface area contributed by atoms with Crippen LogP contribution in [0, 0.1) is 0 Å². The summed E-state index contributed by atoms with van der Waals surface area (Å²) in [6.45, 7) is 5.41. The van der Waals surface area contributed by atoms with Crippen LogP contribution < -0.4 is 10.0 Å². The summed E-state index contributed by atoms with van der Waals surface area (Å²) in [6.07, 6.45) is 6.93. The summed E-state index contributed by atoms with van der Waals surface area (Å²) in [5.74, 6) is 0. The molecule has 0 unspecified atom stereocenters. The fourth-order valence-corrected chi connectivity index (χ4v) is 2.62. The molecule has 2 aromatic heterocycles. The summed E-state index contributed by atoms with van der Waals surface area (Å²) in [6, 6.07) is 0.378. The Balaban J connectivity index is 2.02. The fraction of sp³-hybridized carbons (Fsp3) is 0.417. The molecule has 0 aliphatic rings. The van der Waals surface area contributed by atoms with E-state index in [-0.39, 0.29) is 4.90 Å². The van der Waals surface area contributed by atoms with Crippen molar-refractivity contribution in [1.29, 1.82) is 0 Å². The number of anilines is 1. The van der Waals surface area contributed by atoms with Gasteiger partial charge in [-0.1, -0.05) is 13.8 Å². The predicted octanol–water partition coefficient (Wildman–Crippen LogP) is 0.472. The molecule has 2 N–H and O–H groups in total. The van der Waals surface area contributed by atoms with Gasteiger partial charge >= 0.3 is 0 Å². The number of sulfonamides is 1. The summed E-state index contributed by atoms with van der Waals surface area (Å²) in [5.41, 5.74) is 0.312. The minimum absolute atomic E-state index is 0.107. The van der Waals surface area contributed by atoms with Gasteiger partial charge in [-0.15, -0.1) is 0 Å². The molecule has 0 atom stereocenters. The predicted molar refractivity (Wildman–Crippen MR) is 78.2 cm³/mol. The third-order valence-electron chi connectivity index (χ3n) is 2.63. The van der Waals surface area contributed by atoms with Crippen LogP contribution in [0.25, 0.3) is 0 Å². The molecule has 9 heteroatoms. The Morgan fingerprint density at radius 1 is 1.24 bits per heavy atom. The molecule has 0 amide bonds. The van der Waals surface area contributed by atoms with Crippen molar-refractivity contribution in [1.82, 2.24) is 25.1 Å². The molecule has 0 saturated heterocycles. The number of nitrogens with one attached hydrogen (secondary N) is 2. The molecular formula is C12H18N6O2S. The lowest BCUT2D eigenvalue weighted by molar-refractivity contribution is 0.515. The third-order valence-corrected chi connectivity index (χ3v) is 3.96. The first kappa shape index (κ1) is 15.4. The summed E-state index contributed by atoms with van der Waals surface area (Å²) in [4.78, 5) is 7.62. The monoisotopic (exact) mass is 310 g/mol. The first-order valence-electron chi connectivity index (χ1n) is 6.51. The van der Waals surface area contributed by atoms with Crippen molar-refractivity contribution < 1.29 is 8.42 Å². The normalized spacial score (nSPS) is 11.8. The SMILES string of the molecule is CC(C)NCCn1cc(S(=O)(=O)Nc2cncnc2)cn1. The van der Waals surface area contributed by atoms with Gasteiger partial charge in [0.25, 0.3) is 10.0 Å². The van der Waals surface area contributed by atoms with Gasteiger partial charge in [-0.2, -0.15) is 5.10 Å². The highest BCUT2D eigenvalue weighted by Gasteiger charge is 2.16. The number of rotatable bonds is 7. The Morgan fingerprint density at radius 3 is 2.62 bits per heavy atom. The highest BCUT2D eigenvalue weighted by atomic mass is 32.2. The van der Waals surface area contributed by atoms with Crippen LogP contribution >= 0.6 is 0 Å². The van der Waals surface area contributed by atoms with E-state index in [1.807, 2.05) is 13.8 Å². The first-order valence-corrected chi connectivity index (χ1v) is 7.99. The average molecular weight is 310 g/mol. The van der Waals surface area contributed by atoms with Gasteiger partial charge < -0.3 is 5.32 Å². The Morgan fingerprint density at radius 2 is 1.95 bits per heavy atom. The zero-order valence-corrected chi connectivity index (χ0v) is 12.7. The number of hydrogen-bond acceptors (Lipinski definition) is 6. The van der Waals surface area contributed by atoms with E-state index >= 15 is 0 Å². The summed E-state index contributed by atoms with van der Waals surface area (Å²) < 4.78 is 28.3. The van der Waals surface area contributed by atoms with Crippen LogP contribution in [-0.2, 0) is 16.6 Å². The van der Waals surface area contributed by atoms with Crippen molar-refractivity contribution in [3.05, 3.63) is 31.1 Å². The molecule has 2 rings (SSSR count). The van der Waals surface area contributed by atoms with Crippen molar-refractivity contribution in [2.24, 2.45) is 0 Å². The van der Waals surface area contributed by atoms with Crippen molar-refractivity contribution in [3.8, 4) is 0 Å². The second-order valence-corrected chi connectivity index (χ2v) is 6.46. The lowest BCUT2D eigenvalue weighted by Crippen LogP contribution is -2.26. The minimum Gasteiger partial charge on any atom is -0.313 e. The zero-order valence-electron chi connectivity index (χ0n) is 11.9. The van der Waals surface area contributed by atoms with E-state index in [2.05, 4.69) is 25.1 Å². The molecule has 0 fully saturated rings. The smallest absolute Gasteiger partial charge is 0.265 e. The van der Waals surface area contributed by atoms with E-state index < -0.39 is 10.0 Å². The molecular weight excluding hydrogens is 292 g/mol. The molecule has 0 saturated carbocycles. The maximum absolute atomic E-state index is 12.2. The molecule has 0 bridgehead atoms. The Hall–Kier alpha value is -2.00. The van der Waals surface area contributed by atoms with Crippen molar-refractivity contribution >= 4 is 15.7 Å². The van der Waals surface area contributed by atoms with Gasteiger partial charge in [0.2, 0.25) is 0 Å². The second kappa shape index (κ2) is 6.64. The third kappa shape index (κ3) is 4.50. The lowest BCUT2D eigenvalue weighted by Gasteiger charge is -2.07. The molecule has 0 radical (unpaired) electrons. The van der Waals surface area contributed by atoms with Gasteiger partial charge in [-0.05, 0) is 0 Å². The molecule has 114 valence electrons. The van der Waals surface area contributed by atoms with Gasteiger partial charge in [0, 0.05) is 18.8 Å². The average Bonchev–Trinajstić information content (AvgIpc) is 2.88. The standard InChI is InChI=1S/C12H18N6O2S/c1-10(2)15-3-4-18-8-12(7-16-18)21(19,20)17-11-5-13-9-14-6-11/h5-10,15,17H,3-4H2,1-2H3. The first-order chi connectivity index (χ1) is 9.97. The van der Waals surface area contributed by atoms with Crippen LogP contribution in [-0.4, -0.2) is 40.8 Å². The molecule has 2 heterocycles. The Kier molecular flexibility index (Phi) is 4.86. The summed E-state index contributed by atoms with van der Waals surface area (Å²) in [5, 5.41) is 7.29. The van der Waals surface area contributed by atoms with Gasteiger partial charge in [0.1, 0.15) is 11.2 Å². The second-order valence-electron chi connectivity index (χ2n) is 4.78. The Bertz CT molecular complexity index is 668. The number of nitrogens with zero attached hydrogens (tertiary/aromatic N) is 4. The molecule has 0 aromatic carbocycles. The molecule has 2 aromatic rings. The fourth-order valence-electron chi connectivity index (χ4n) is 1.64. The van der Waals surface area contributed by atoms with Crippen molar-refractivity contribution in [2.75, 3.05) is 11.3 Å². The molecule has 0 aliphatic carbocycles. The van der Waals surface area contributed by atoms with Crippen LogP contribution in [0.1, 0.15) is 13.8 Å². The van der Waals surface area contributed by atoms with Gasteiger partial charge in [0.15, 0.2) is 0 Å². The van der Waals surface area contributed by atoms with E-state index in [0.717, 1.165) is 6.54 Å². The van der Waals surface area contributed by atoms with E-state index in [1.54, 1.807) is 4.68 Å². The van der Waals surface area contributed by atoms with Gasteiger partial charge in [-0.3, -0.25) is 9.40 Å². The highest BCUT2D eigenvalue weighted by Crippen LogP contribution is 2.13. The summed E-state index contributed by atoms with van der Waals surface area (Å²) in [7, 11) is -3.67. The van der Waals surface area contributed by atoms with Crippen molar-refractivity contribution in [2.45, 2.75) is 31.3 Å². The Labute approximate surface area is 123 Å². The minimum atomic E-state index is -3.67. The quantitative estimate of drug-likeness (QED) is 0.771. The molecule has 0 aliphatic heterocycles. The van der Waals surface area contributed by atoms with Gasteiger partial charge in [-0.25, -0.2) is 18.4 Å². The van der Waals surface area contributed by atoms with Crippen LogP contribution in [0.4, 0.5) is 5.69 Å².